The number of rotatable bonds is 14. The van der Waals surface area contributed by atoms with E-state index in [4.69, 9.17) is 36.1 Å². The zero-order valence-electron chi connectivity index (χ0n) is 28.2. The lowest BCUT2D eigenvalue weighted by Crippen LogP contribution is -2.76. The quantitative estimate of drug-likeness (QED) is 0.0367. The normalized spacial score (nSPS) is 25.7. The highest BCUT2D eigenvalue weighted by atomic mass is 32.3. The van der Waals surface area contributed by atoms with Gasteiger partial charge in [-0.05, 0) is 76.6 Å². The van der Waals surface area contributed by atoms with Gasteiger partial charge in [0.15, 0.2) is 16.9 Å². The first kappa shape index (κ1) is 38.8. The molecule has 0 unspecified atom stereocenters. The number of carbonyl (C=O) groups excluding carboxylic acids is 2. The number of aliphatic hydroxyl groups excluding tert-OH is 2. The van der Waals surface area contributed by atoms with Crippen molar-refractivity contribution < 1.29 is 56.5 Å². The van der Waals surface area contributed by atoms with Gasteiger partial charge >= 0.3 is 16.4 Å². The minimum atomic E-state index is -5.05. The Morgan fingerprint density at radius 1 is 1.31 bits per heavy atom. The highest BCUT2D eigenvalue weighted by Gasteiger charge is 2.58. The first-order chi connectivity index (χ1) is 24.2. The van der Waals surface area contributed by atoms with Crippen LogP contribution in [0.3, 0.4) is 0 Å². The van der Waals surface area contributed by atoms with Gasteiger partial charge in [0, 0.05) is 22.5 Å². The summed E-state index contributed by atoms with van der Waals surface area (Å²) in [6, 6.07) is 3.55. The van der Waals surface area contributed by atoms with E-state index in [-0.39, 0.29) is 42.2 Å². The highest BCUT2D eigenvalue weighted by molar-refractivity contribution is 7.80. The molecule has 2 fully saturated rings. The molecule has 11 N–H and O–H groups in total. The first-order valence-electron chi connectivity index (χ1n) is 15.9. The van der Waals surface area contributed by atoms with E-state index in [1.165, 1.54) is 26.2 Å². The van der Waals surface area contributed by atoms with Crippen molar-refractivity contribution in [3.8, 4) is 5.75 Å². The number of carboxylic acid groups (broad SMARTS) is 1. The highest BCUT2D eigenvalue weighted by Crippen LogP contribution is 2.37. The van der Waals surface area contributed by atoms with Gasteiger partial charge < -0.3 is 47.0 Å². The third-order valence-corrected chi connectivity index (χ3v) is 10.3. The van der Waals surface area contributed by atoms with Crippen LogP contribution in [0, 0.1) is 5.41 Å². The molecule has 22 heteroatoms. The number of benzene rings is 1. The van der Waals surface area contributed by atoms with Crippen LogP contribution in [0.4, 0.5) is 5.13 Å². The summed E-state index contributed by atoms with van der Waals surface area (Å²) in [7, 11) is -5.05. The van der Waals surface area contributed by atoms with Crippen LogP contribution >= 0.6 is 11.3 Å². The predicted molar refractivity (Wildman–Crippen MR) is 182 cm³/mol. The number of β-lactam (4-membered cyclic amide) rings is 1. The van der Waals surface area contributed by atoms with E-state index in [0.29, 0.717) is 41.2 Å². The number of hydrogen-bond acceptors (Lipinski definition) is 16. The van der Waals surface area contributed by atoms with Crippen molar-refractivity contribution in [2.24, 2.45) is 10.9 Å². The number of aliphatic carboxylic acids is 1. The number of aromatic nitrogens is 1. The second-order valence-corrected chi connectivity index (χ2v) is 15.6. The summed E-state index contributed by atoms with van der Waals surface area (Å²) in [6.07, 6.45) is -0.269. The van der Waals surface area contributed by atoms with Gasteiger partial charge in [0.2, 0.25) is 0 Å². The van der Waals surface area contributed by atoms with Gasteiger partial charge in [0.25, 0.3) is 17.4 Å². The minimum Gasteiger partial charge on any atom is -0.485 e. The summed E-state index contributed by atoms with van der Waals surface area (Å²) < 4.78 is 41.7. The average Bonchev–Trinajstić information content (AvgIpc) is 3.49. The molecular formula is C30H40N8O12S2. The van der Waals surface area contributed by atoms with E-state index in [2.05, 4.69) is 25.1 Å². The summed E-state index contributed by atoms with van der Waals surface area (Å²) >= 11 is 0.946. The maximum absolute atomic E-state index is 13.5. The summed E-state index contributed by atoms with van der Waals surface area (Å²) in [4.78, 5) is 48.4. The number of carbonyl (C=O) groups is 3. The Bertz CT molecular complexity index is 1900. The number of oxime groups is 1. The number of amidine groups is 1. The second-order valence-electron chi connectivity index (χ2n) is 13.7. The Kier molecular flexibility index (Phi) is 10.6. The van der Waals surface area contributed by atoms with Gasteiger partial charge in [-0.15, -0.1) is 15.6 Å². The molecule has 284 valence electrons. The number of nitrogens with two attached hydrogens (primary N) is 2. The van der Waals surface area contributed by atoms with E-state index in [1.54, 1.807) is 18.2 Å². The molecule has 52 heavy (non-hydrogen) atoms. The van der Waals surface area contributed by atoms with Crippen LogP contribution in [0.25, 0.3) is 0 Å². The van der Waals surface area contributed by atoms with Gasteiger partial charge in [-0.1, -0.05) is 5.16 Å². The van der Waals surface area contributed by atoms with Crippen LogP contribution < -0.4 is 26.8 Å². The molecule has 0 radical (unpaired) electrons. The van der Waals surface area contributed by atoms with Crippen molar-refractivity contribution in [3.63, 3.8) is 0 Å². The van der Waals surface area contributed by atoms with E-state index in [9.17, 15) is 33.0 Å². The molecule has 20 nitrogen and oxygen atoms in total. The van der Waals surface area contributed by atoms with Crippen LogP contribution in [0.5, 0.6) is 5.75 Å². The monoisotopic (exact) mass is 768 g/mol. The SMILES string of the molecule is CC1(C)[C@H](NC(=O)/C(=N\O[C@](C)(C(=O)O)[C@H]2CCc3cc(C(=N)NC4CC(N)(C[C@H](O)CO)C4)ccc3O2)c2csc(N)n2)C(=O)N1OS(=O)(=O)O. The van der Waals surface area contributed by atoms with Crippen molar-refractivity contribution >= 4 is 56.2 Å². The van der Waals surface area contributed by atoms with Gasteiger partial charge in [-0.3, -0.25) is 19.6 Å². The molecule has 0 spiro atoms. The number of carboxylic acids is 1. The fourth-order valence-corrected chi connectivity index (χ4v) is 7.34. The Balaban J connectivity index is 1.28. The molecule has 0 bridgehead atoms. The Morgan fingerprint density at radius 2 is 2.00 bits per heavy atom. The van der Waals surface area contributed by atoms with Crippen molar-refractivity contribution in [2.45, 2.75) is 93.8 Å². The largest absolute Gasteiger partial charge is 0.485 e. The van der Waals surface area contributed by atoms with Crippen molar-refractivity contribution in [1.82, 2.24) is 20.7 Å². The zero-order chi connectivity index (χ0) is 38.4. The minimum absolute atomic E-state index is 0.0391. The summed E-state index contributed by atoms with van der Waals surface area (Å²) in [5.41, 5.74) is 8.39. The number of ether oxygens (including phenoxy) is 1. The average molecular weight is 769 g/mol. The number of thiazole rings is 1. The Hall–Kier alpha value is -4.45. The summed E-state index contributed by atoms with van der Waals surface area (Å²) in [6.45, 7) is 3.55. The number of aryl methyl sites for hydroxylation is 1. The number of nitrogens with one attached hydrogen (secondary N) is 3. The van der Waals surface area contributed by atoms with Crippen LogP contribution in [0.1, 0.15) is 63.3 Å². The van der Waals surface area contributed by atoms with E-state index >= 15 is 0 Å². The topological polar surface area (TPSA) is 322 Å². The van der Waals surface area contributed by atoms with Crippen LogP contribution in [-0.4, -0.2) is 115 Å². The number of hydroxylamine groups is 2. The summed E-state index contributed by atoms with van der Waals surface area (Å²) in [5, 5.41) is 48.8. The number of nitrogens with zero attached hydrogens (tertiary/aromatic N) is 3. The van der Waals surface area contributed by atoms with Crippen LogP contribution in [0.15, 0.2) is 28.7 Å². The van der Waals surface area contributed by atoms with Gasteiger partial charge in [0.1, 0.15) is 23.3 Å². The second kappa shape index (κ2) is 14.2. The Labute approximate surface area is 301 Å². The fourth-order valence-electron chi connectivity index (χ4n) is 6.34. The number of amides is 2. The van der Waals surface area contributed by atoms with Crippen LogP contribution in [-0.2, 0) is 40.3 Å². The fraction of sp³-hybridized carbons (Fsp3) is 0.533. The molecule has 3 heterocycles. The lowest BCUT2D eigenvalue weighted by molar-refractivity contribution is -0.218. The molecule has 1 aliphatic carbocycles. The number of aliphatic hydroxyl groups is 2. The standard InChI is InChI=1S/C30H40N8O12S2/c1-28(2)22(25(42)38(28)50-52(45,46)47)36-24(41)21(18-13-51-27(32)35-18)37-49-29(3,26(43)44)20-7-5-14-8-15(4-6-19(14)48-20)23(31)34-16-9-30(33,10-16)11-17(40)12-39/h4,6,8,13,16-17,20,22,39-40H,5,7,9-12,33H2,1-3H3,(H2,31,34)(H2,32,35)(H,36,41)(H,43,44)(H,45,46,47)/b37-21-/t16?,17-,20+,22+,29-,30?/m0/s1. The molecule has 2 amide bonds. The van der Waals surface area contributed by atoms with E-state index in [1.807, 2.05) is 0 Å². The first-order valence-corrected chi connectivity index (χ1v) is 18.2. The molecule has 1 aromatic heterocycles. The third kappa shape index (κ3) is 7.96. The molecule has 3 aliphatic rings. The number of hydrogen-bond donors (Lipinski definition) is 9. The maximum atomic E-state index is 13.5. The van der Waals surface area contributed by atoms with E-state index in [0.717, 1.165) is 11.3 Å². The number of nitrogen functional groups attached to an aromatic ring is 1. The number of fused-ring (bicyclic) bond motifs is 1. The zero-order valence-corrected chi connectivity index (χ0v) is 29.9. The molecule has 2 aliphatic heterocycles. The third-order valence-electron chi connectivity index (χ3n) is 9.27. The van der Waals surface area contributed by atoms with Gasteiger partial charge in [-0.2, -0.15) is 13.5 Å². The molecule has 4 atom stereocenters. The van der Waals surface area contributed by atoms with Crippen molar-refractivity contribution in [1.29, 1.82) is 5.41 Å². The molecule has 1 saturated heterocycles. The van der Waals surface area contributed by atoms with Gasteiger partial charge in [0.05, 0.1) is 18.2 Å². The van der Waals surface area contributed by atoms with E-state index < -0.39 is 68.8 Å². The number of anilines is 1. The summed E-state index contributed by atoms with van der Waals surface area (Å²) in [5.74, 6) is -3.03. The lowest BCUT2D eigenvalue weighted by Gasteiger charge is -2.50. The predicted octanol–water partition coefficient (Wildman–Crippen LogP) is -0.959. The molecular weight excluding hydrogens is 729 g/mol. The van der Waals surface area contributed by atoms with Crippen molar-refractivity contribution in [3.05, 3.63) is 40.4 Å². The van der Waals surface area contributed by atoms with Crippen molar-refractivity contribution in [2.75, 3.05) is 12.3 Å². The lowest BCUT2D eigenvalue weighted by atomic mass is 9.70. The molecule has 1 saturated carbocycles. The van der Waals surface area contributed by atoms with Crippen LogP contribution in [0.2, 0.25) is 0 Å². The Morgan fingerprint density at radius 3 is 2.58 bits per heavy atom. The molecule has 2 aromatic rings. The maximum Gasteiger partial charge on any atom is 0.418 e. The molecule has 1 aromatic carbocycles. The van der Waals surface area contributed by atoms with Gasteiger partial charge in [-0.25, -0.2) is 9.78 Å². The smallest absolute Gasteiger partial charge is 0.418 e. The molecule has 5 rings (SSSR count).